The molecule has 0 saturated heterocycles. The van der Waals surface area contributed by atoms with Crippen LogP contribution in [0.4, 0.5) is 22.7 Å². The Morgan fingerprint density at radius 3 is 2.14 bits per heavy atom. The predicted molar refractivity (Wildman–Crippen MR) is 85.2 cm³/mol. The van der Waals surface area contributed by atoms with Crippen molar-refractivity contribution in [3.63, 3.8) is 0 Å². The number of benzene rings is 2. The second kappa shape index (κ2) is 5.37. The lowest BCUT2D eigenvalue weighted by Gasteiger charge is -1.91. The second-order valence-corrected chi connectivity index (χ2v) is 5.55. The molecule has 4 rings (SSSR count). The number of rotatable bonds is 4. The van der Waals surface area contributed by atoms with Crippen LogP contribution in [0.2, 0.25) is 0 Å². The maximum Gasteiger partial charge on any atom is 0.334 e. The molecule has 2 heterocycles. The summed E-state index contributed by atoms with van der Waals surface area (Å²) in [5.74, 6) is 0. The molecule has 2 aromatic carbocycles. The van der Waals surface area contributed by atoms with Crippen LogP contribution in [0.15, 0.2) is 24.3 Å². The number of nitro groups is 3. The predicted octanol–water partition coefficient (Wildman–Crippen LogP) is 1.08. The van der Waals surface area contributed by atoms with Gasteiger partial charge in [0.2, 0.25) is 5.52 Å². The van der Waals surface area contributed by atoms with Crippen molar-refractivity contribution < 1.29 is 29.5 Å². The molecule has 0 spiro atoms. The van der Waals surface area contributed by atoms with Gasteiger partial charge in [0.1, 0.15) is 6.07 Å². The van der Waals surface area contributed by atoms with Gasteiger partial charge in [-0.15, -0.1) is 0 Å². The molecule has 0 aliphatic heterocycles. The van der Waals surface area contributed by atoms with Crippen molar-refractivity contribution in [1.29, 1.82) is 0 Å². The van der Waals surface area contributed by atoms with Crippen LogP contribution < -0.4 is 4.63 Å². The molecular weight excluding hydrogens is 384 g/mol. The average Bonchev–Trinajstić information content (AvgIpc) is 3.15. The van der Waals surface area contributed by atoms with Gasteiger partial charge < -0.3 is 0 Å². The number of hydrogen-bond acceptors (Lipinski definition) is 8. The fourth-order valence-corrected chi connectivity index (χ4v) is 2.84. The molecule has 0 radical (unpaired) electrons. The fraction of sp³-hybridized carbons (Fsp3) is 0. The number of non-ortho nitro benzene ring substituents is 3. The number of nitrogens with zero attached hydrogens (tertiary/aromatic N) is 7. The van der Waals surface area contributed by atoms with Crippen LogP contribution in [0.25, 0.3) is 22.1 Å². The lowest BCUT2D eigenvalue weighted by atomic mass is 10.2. The maximum absolute atomic E-state index is 11.3. The largest absolute Gasteiger partial charge is 0.334 e. The van der Waals surface area contributed by atoms with Crippen molar-refractivity contribution >= 4 is 44.8 Å². The van der Waals surface area contributed by atoms with Gasteiger partial charge in [-0.2, -0.15) is 5.10 Å². The summed E-state index contributed by atoms with van der Waals surface area (Å²) in [5, 5.41) is 49.3. The fourth-order valence-electron chi connectivity index (χ4n) is 2.84. The number of aromatic amines is 1. The Labute approximate surface area is 149 Å². The summed E-state index contributed by atoms with van der Waals surface area (Å²) in [4.78, 5) is 41.8. The van der Waals surface area contributed by atoms with Crippen LogP contribution in [0.5, 0.6) is 0 Å². The monoisotopic (exact) mass is 390 g/mol. The van der Waals surface area contributed by atoms with Gasteiger partial charge in [0.15, 0.2) is 11.0 Å². The SMILES string of the molecule is O=[N+]([O-])c1cc([N+](=O)[O-])c2nn3c4cc([N+](=O)O)cc([N+](=O)[O-])c4[nH][n+]3c2c1. The number of nitro benzene ring substituents is 3. The topological polar surface area (TPSA) is 207 Å². The van der Waals surface area contributed by atoms with E-state index in [0.717, 1.165) is 33.5 Å². The summed E-state index contributed by atoms with van der Waals surface area (Å²) in [6, 6.07) is 3.60. The van der Waals surface area contributed by atoms with Gasteiger partial charge >= 0.3 is 22.6 Å². The molecule has 0 saturated carbocycles. The zero-order valence-electron chi connectivity index (χ0n) is 13.2. The summed E-state index contributed by atoms with van der Waals surface area (Å²) >= 11 is 0. The molecule has 0 aliphatic rings. The van der Waals surface area contributed by atoms with E-state index in [1.54, 1.807) is 0 Å². The highest BCUT2D eigenvalue weighted by atomic mass is 16.6. The first-order chi connectivity index (χ1) is 13.2. The van der Waals surface area contributed by atoms with Gasteiger partial charge in [-0.05, 0) is 4.63 Å². The quantitative estimate of drug-likeness (QED) is 0.290. The van der Waals surface area contributed by atoms with Gasteiger partial charge in [-0.1, -0.05) is 0 Å². The summed E-state index contributed by atoms with van der Waals surface area (Å²) in [6.07, 6.45) is 0. The zero-order chi connectivity index (χ0) is 20.3. The minimum atomic E-state index is -0.856. The highest BCUT2D eigenvalue weighted by Gasteiger charge is 2.34. The molecule has 2 N–H and O–H groups in total. The van der Waals surface area contributed by atoms with E-state index in [4.69, 9.17) is 5.21 Å². The molecule has 0 aliphatic carbocycles. The zero-order valence-corrected chi connectivity index (χ0v) is 13.2. The maximum atomic E-state index is 11.3. The highest BCUT2D eigenvalue weighted by Crippen LogP contribution is 2.31. The Bertz CT molecular complexity index is 1280. The Morgan fingerprint density at radius 2 is 1.57 bits per heavy atom. The Hall–Kier alpha value is -4.76. The minimum absolute atomic E-state index is 0.0766. The van der Waals surface area contributed by atoms with Gasteiger partial charge in [-0.3, -0.25) is 30.3 Å². The standard InChI is InChI=1S/C12H6N8O8/c21-17(22)5-1-7-11(9(3-5)19(25)26)13-16-8-2-6(18(23)24)4-10(20(27)28)12(8)14-15(7)16/h1-4,13H,(H,21,22)/q+2. The molecule has 4 aromatic rings. The molecular formula is C12H6N8O8+2. The van der Waals surface area contributed by atoms with Crippen LogP contribution in [0.1, 0.15) is 0 Å². The van der Waals surface area contributed by atoms with E-state index in [1.807, 2.05) is 0 Å². The van der Waals surface area contributed by atoms with Crippen LogP contribution in [0, 0.1) is 35.3 Å². The van der Waals surface area contributed by atoms with Crippen molar-refractivity contribution in [2.45, 2.75) is 0 Å². The molecule has 2 aromatic heterocycles. The van der Waals surface area contributed by atoms with Gasteiger partial charge in [0, 0.05) is 4.63 Å². The highest BCUT2D eigenvalue weighted by molar-refractivity contribution is 5.88. The van der Waals surface area contributed by atoms with Crippen molar-refractivity contribution in [2.24, 2.45) is 0 Å². The first-order valence-electron chi connectivity index (χ1n) is 7.23. The number of hydrogen-bond donors (Lipinski definition) is 2. The van der Waals surface area contributed by atoms with E-state index in [0.29, 0.717) is 0 Å². The first-order valence-corrected chi connectivity index (χ1v) is 7.23. The number of fused-ring (bicyclic) bond motifs is 5. The average molecular weight is 390 g/mol. The molecule has 0 fully saturated rings. The lowest BCUT2D eigenvalue weighted by molar-refractivity contribution is -0.729. The van der Waals surface area contributed by atoms with Crippen molar-refractivity contribution in [3.8, 4) is 0 Å². The van der Waals surface area contributed by atoms with Crippen molar-refractivity contribution in [2.75, 3.05) is 0 Å². The molecule has 16 heteroatoms. The van der Waals surface area contributed by atoms with Crippen molar-refractivity contribution in [1.82, 2.24) is 14.8 Å². The summed E-state index contributed by atoms with van der Waals surface area (Å²) in [5.41, 5.74) is -2.85. The van der Waals surface area contributed by atoms with Crippen LogP contribution in [-0.4, -0.2) is 39.7 Å². The van der Waals surface area contributed by atoms with Crippen LogP contribution >= 0.6 is 0 Å². The van der Waals surface area contributed by atoms with Crippen LogP contribution in [-0.2, 0) is 0 Å². The summed E-state index contributed by atoms with van der Waals surface area (Å²) < 4.78 is 1.97. The third-order valence-corrected chi connectivity index (χ3v) is 4.01. The lowest BCUT2D eigenvalue weighted by Crippen LogP contribution is -2.28. The summed E-state index contributed by atoms with van der Waals surface area (Å²) in [7, 11) is 0. The Balaban J connectivity index is 2.21. The molecule has 0 unspecified atom stereocenters. The number of H-pyrrole nitrogens is 1. The van der Waals surface area contributed by atoms with Crippen molar-refractivity contribution in [3.05, 3.63) is 59.5 Å². The minimum Gasteiger partial charge on any atom is -0.258 e. The molecule has 28 heavy (non-hydrogen) atoms. The van der Waals surface area contributed by atoms with E-state index >= 15 is 0 Å². The van der Waals surface area contributed by atoms with E-state index < -0.39 is 42.4 Å². The molecule has 0 bridgehead atoms. The van der Waals surface area contributed by atoms with E-state index in [9.17, 15) is 35.3 Å². The Morgan fingerprint density at radius 1 is 0.929 bits per heavy atom. The number of aromatic nitrogens is 4. The Kier molecular flexibility index (Phi) is 3.20. The van der Waals surface area contributed by atoms with Crippen LogP contribution in [0.3, 0.4) is 0 Å². The third kappa shape index (κ3) is 2.18. The molecule has 16 nitrogen and oxygen atoms in total. The van der Waals surface area contributed by atoms with Gasteiger partial charge in [0.05, 0.1) is 43.0 Å². The van der Waals surface area contributed by atoms with Gasteiger partial charge in [-0.25, -0.2) is 5.21 Å². The smallest absolute Gasteiger partial charge is 0.258 e. The van der Waals surface area contributed by atoms with Gasteiger partial charge in [0.25, 0.3) is 10.6 Å². The second-order valence-electron chi connectivity index (χ2n) is 5.55. The van der Waals surface area contributed by atoms with E-state index in [-0.39, 0.29) is 22.1 Å². The molecule has 0 amide bonds. The summed E-state index contributed by atoms with van der Waals surface area (Å²) in [6.45, 7) is 0. The molecule has 0 atom stereocenters. The normalized spacial score (nSPS) is 11.3. The van der Waals surface area contributed by atoms with E-state index in [2.05, 4.69) is 10.2 Å². The third-order valence-electron chi connectivity index (χ3n) is 4.01. The number of nitrogens with one attached hydrogen (secondary N) is 1. The first kappa shape index (κ1) is 16.7. The van der Waals surface area contributed by atoms with E-state index in [1.165, 1.54) is 0 Å². The molecule has 140 valence electrons.